The summed E-state index contributed by atoms with van der Waals surface area (Å²) >= 11 is 0. The van der Waals surface area contributed by atoms with Gasteiger partial charge in [0.1, 0.15) is 11.2 Å². The molecule has 0 bridgehead atoms. The molecule has 0 aliphatic carbocycles. The van der Waals surface area contributed by atoms with Gasteiger partial charge in [0.05, 0.1) is 39.7 Å². The van der Waals surface area contributed by atoms with E-state index in [0.717, 1.165) is 115 Å². The lowest BCUT2D eigenvalue weighted by atomic mass is 10.0. The summed E-state index contributed by atoms with van der Waals surface area (Å²) in [6, 6.07) is 72.2. The highest BCUT2D eigenvalue weighted by molar-refractivity contribution is 6.01. The second-order valence-corrected chi connectivity index (χ2v) is 16.2. The van der Waals surface area contributed by atoms with Crippen molar-refractivity contribution in [3.63, 3.8) is 0 Å². The van der Waals surface area contributed by atoms with E-state index in [-0.39, 0.29) is 0 Å². The van der Waals surface area contributed by atoms with E-state index in [1.165, 1.54) is 0 Å². The lowest BCUT2D eigenvalue weighted by Gasteiger charge is -2.34. The summed E-state index contributed by atoms with van der Waals surface area (Å²) in [7, 11) is 0. The molecule has 0 saturated heterocycles. The molecule has 7 nitrogen and oxygen atoms in total. The molecule has 11 rings (SSSR count). The molecule has 0 radical (unpaired) electrons. The van der Waals surface area contributed by atoms with Gasteiger partial charge in [-0.2, -0.15) is 0 Å². The Morgan fingerprint density at radius 1 is 0.492 bits per heavy atom. The van der Waals surface area contributed by atoms with Crippen molar-refractivity contribution in [2.75, 3.05) is 9.80 Å². The predicted octanol–water partition coefficient (Wildman–Crippen LogP) is 15.1. The first-order valence-corrected chi connectivity index (χ1v) is 22.2. The van der Waals surface area contributed by atoms with Gasteiger partial charge in [-0.3, -0.25) is 9.98 Å². The molecule has 1 aliphatic heterocycles. The van der Waals surface area contributed by atoms with Crippen LogP contribution in [0.4, 0.5) is 39.8 Å². The summed E-state index contributed by atoms with van der Waals surface area (Å²) in [5, 5.41) is 0. The van der Waals surface area contributed by atoms with Crippen LogP contribution < -0.4 is 9.80 Å². The molecule has 0 N–H and O–H groups in total. The fourth-order valence-corrected chi connectivity index (χ4v) is 9.07. The number of fused-ring (bicyclic) bond motifs is 3. The number of benzene rings is 7. The molecule has 0 fully saturated rings. The third kappa shape index (κ3) is 7.53. The minimum atomic E-state index is 0.654. The summed E-state index contributed by atoms with van der Waals surface area (Å²) in [5.74, 6) is 0.654. The molecule has 0 unspecified atom stereocenters. The van der Waals surface area contributed by atoms with Gasteiger partial charge in [-0.05, 0) is 105 Å². The molecule has 312 valence electrons. The number of anilines is 6. The van der Waals surface area contributed by atoms with E-state index in [0.29, 0.717) is 5.82 Å². The standard InChI is InChI=1S/C58H45N7/c1-41-35-37-60-55-54-51(34-20-21-36-59-54)65(56(41)55)57-52(63(45-26-12-4-13-27-45)46-28-14-5-15-29-46)38-44(39-53(57)64(47-30-16-6-17-31-47)48-32-18-7-19-33-48)50-40-49(42-22-8-2-9-23-42)61-58(62-50)43-24-10-3-11-25-43/h2-19,22-33,35-40H,20-21,34H2,1H3. The van der Waals surface area contributed by atoms with Crippen LogP contribution in [0.2, 0.25) is 0 Å². The number of pyridine rings is 1. The van der Waals surface area contributed by atoms with Gasteiger partial charge in [-0.25, -0.2) is 9.97 Å². The molecular weight excluding hydrogens is 795 g/mol. The van der Waals surface area contributed by atoms with Crippen molar-refractivity contribution in [1.82, 2.24) is 19.5 Å². The van der Waals surface area contributed by atoms with E-state index in [9.17, 15) is 0 Å². The number of hydrogen-bond acceptors (Lipinski definition) is 6. The molecule has 65 heavy (non-hydrogen) atoms. The van der Waals surface area contributed by atoms with Crippen LogP contribution in [-0.2, 0) is 6.42 Å². The van der Waals surface area contributed by atoms with Gasteiger partial charge < -0.3 is 14.4 Å². The zero-order valence-electron chi connectivity index (χ0n) is 36.0. The zero-order valence-corrected chi connectivity index (χ0v) is 36.0. The largest absolute Gasteiger partial charge is 0.308 e. The fraction of sp³-hybridized carbons (Fsp3) is 0.0690. The maximum Gasteiger partial charge on any atom is 0.160 e. The minimum Gasteiger partial charge on any atom is -0.308 e. The molecule has 1 aliphatic rings. The zero-order chi connectivity index (χ0) is 43.5. The molecule has 10 aromatic rings. The first-order chi connectivity index (χ1) is 32.2. The second-order valence-electron chi connectivity index (χ2n) is 16.2. The van der Waals surface area contributed by atoms with Crippen LogP contribution in [0.3, 0.4) is 0 Å². The summed E-state index contributed by atoms with van der Waals surface area (Å²) in [6.45, 7) is 2.19. The summed E-state index contributed by atoms with van der Waals surface area (Å²) in [6.07, 6.45) is 6.66. The fourth-order valence-electron chi connectivity index (χ4n) is 9.07. The van der Waals surface area contributed by atoms with Gasteiger partial charge in [0.15, 0.2) is 5.82 Å². The number of aliphatic imine (C=N–C) groups is 1. The average molecular weight is 840 g/mol. The quantitative estimate of drug-likeness (QED) is 0.137. The van der Waals surface area contributed by atoms with Crippen LogP contribution in [0.15, 0.2) is 217 Å². The molecule has 7 aromatic carbocycles. The van der Waals surface area contributed by atoms with Crippen molar-refractivity contribution in [3.05, 3.63) is 224 Å². The maximum atomic E-state index is 5.45. The Hall–Kier alpha value is -8.42. The number of para-hydroxylation sites is 4. The number of aromatic nitrogens is 4. The van der Waals surface area contributed by atoms with Gasteiger partial charge in [-0.15, -0.1) is 0 Å². The SMILES string of the molecule is Cc1ccnc2c3c(n(-c4c(N(c5ccccc5)c5ccccc5)cc(-c5cc(-c6ccccc6)nc(-c6ccccc6)n5)cc4N(c4ccccc4)c4ccccc4)c12)CCCC=N3. The van der Waals surface area contributed by atoms with Crippen molar-refractivity contribution >= 4 is 57.1 Å². The summed E-state index contributed by atoms with van der Waals surface area (Å²) in [4.78, 5) is 25.7. The van der Waals surface area contributed by atoms with Crippen molar-refractivity contribution in [2.45, 2.75) is 26.2 Å². The monoisotopic (exact) mass is 839 g/mol. The van der Waals surface area contributed by atoms with Crippen molar-refractivity contribution in [1.29, 1.82) is 0 Å². The van der Waals surface area contributed by atoms with Crippen molar-refractivity contribution < 1.29 is 0 Å². The van der Waals surface area contributed by atoms with Crippen molar-refractivity contribution in [2.24, 2.45) is 4.99 Å². The number of rotatable bonds is 10. The van der Waals surface area contributed by atoms with Crippen LogP contribution in [0.5, 0.6) is 0 Å². The first-order valence-electron chi connectivity index (χ1n) is 22.2. The van der Waals surface area contributed by atoms with Gasteiger partial charge in [0, 0.05) is 51.9 Å². The van der Waals surface area contributed by atoms with Crippen molar-refractivity contribution in [3.8, 4) is 39.6 Å². The van der Waals surface area contributed by atoms with Crippen LogP contribution in [-0.4, -0.2) is 25.7 Å². The Morgan fingerprint density at radius 2 is 0.954 bits per heavy atom. The van der Waals surface area contributed by atoms with E-state index in [2.05, 4.69) is 209 Å². The van der Waals surface area contributed by atoms with Gasteiger partial charge in [0.2, 0.25) is 0 Å². The number of nitrogens with zero attached hydrogens (tertiary/aromatic N) is 7. The third-order valence-electron chi connectivity index (χ3n) is 12.0. The van der Waals surface area contributed by atoms with Crippen LogP contribution in [0.1, 0.15) is 24.1 Å². The Bertz CT molecular complexity index is 3040. The molecule has 4 heterocycles. The Morgan fingerprint density at radius 3 is 1.46 bits per heavy atom. The average Bonchev–Trinajstić information content (AvgIpc) is 3.49. The van der Waals surface area contributed by atoms with E-state index in [1.54, 1.807) is 0 Å². The third-order valence-corrected chi connectivity index (χ3v) is 12.0. The normalized spacial score (nSPS) is 12.1. The van der Waals surface area contributed by atoms with E-state index in [1.807, 2.05) is 30.5 Å². The summed E-state index contributed by atoms with van der Waals surface area (Å²) < 4.78 is 2.48. The molecular formula is C58H45N7. The second kappa shape index (κ2) is 17.4. The maximum absolute atomic E-state index is 5.45. The van der Waals surface area contributed by atoms with Gasteiger partial charge in [-0.1, -0.05) is 133 Å². The topological polar surface area (TPSA) is 62.4 Å². The van der Waals surface area contributed by atoms with E-state index in [4.69, 9.17) is 19.9 Å². The highest BCUT2D eigenvalue weighted by Crippen LogP contribution is 2.51. The van der Waals surface area contributed by atoms with Crippen LogP contribution in [0.25, 0.3) is 50.6 Å². The van der Waals surface area contributed by atoms with Gasteiger partial charge >= 0.3 is 0 Å². The lowest BCUT2D eigenvalue weighted by molar-refractivity contribution is 0.831. The molecule has 0 spiro atoms. The van der Waals surface area contributed by atoms with E-state index < -0.39 is 0 Å². The Kier molecular flexibility index (Phi) is 10.5. The highest BCUT2D eigenvalue weighted by atomic mass is 15.2. The first kappa shape index (κ1) is 39.4. The molecule has 3 aromatic heterocycles. The summed E-state index contributed by atoms with van der Waals surface area (Å²) in [5.41, 5.74) is 16.6. The van der Waals surface area contributed by atoms with Gasteiger partial charge in [0.25, 0.3) is 0 Å². The predicted molar refractivity (Wildman–Crippen MR) is 268 cm³/mol. The number of aryl methyl sites for hydroxylation is 1. The molecule has 7 heteroatoms. The minimum absolute atomic E-state index is 0.654. The smallest absolute Gasteiger partial charge is 0.160 e. The lowest BCUT2D eigenvalue weighted by Crippen LogP contribution is -2.19. The molecule has 0 saturated carbocycles. The van der Waals surface area contributed by atoms with E-state index >= 15 is 0 Å². The van der Waals surface area contributed by atoms with Crippen LogP contribution >= 0.6 is 0 Å². The number of hydrogen-bond donors (Lipinski definition) is 0. The highest BCUT2D eigenvalue weighted by Gasteiger charge is 2.31. The molecule has 0 atom stereocenters. The van der Waals surface area contributed by atoms with Crippen LogP contribution in [0, 0.1) is 6.92 Å². The Labute approximate surface area is 379 Å². The Balaban J connectivity index is 1.34. The molecule has 0 amide bonds.